The molecular weight excluding hydrogens is 393 g/mol. The second-order valence-corrected chi connectivity index (χ2v) is 8.10. The minimum absolute atomic E-state index is 0.157. The van der Waals surface area contributed by atoms with Crippen LogP contribution in [-0.2, 0) is 6.54 Å². The standard InChI is InChI=1S/C17H17Cl2N5OS/c18-13-2-1-11(9-14(13)19)10-23-7-4-12(5-8-23)21-16-22-24-15(25)3-6-20-17(24)26-16/h1-3,6,9,12H,4-5,7-8,10H2,(H,21,22). The summed E-state index contributed by atoms with van der Waals surface area (Å²) in [6, 6.07) is 7.55. The van der Waals surface area contributed by atoms with Crippen LogP contribution in [-0.4, -0.2) is 38.6 Å². The number of hydrogen-bond donors (Lipinski definition) is 1. The van der Waals surface area contributed by atoms with Gasteiger partial charge in [-0.2, -0.15) is 4.52 Å². The Morgan fingerprint density at radius 1 is 1.19 bits per heavy atom. The molecule has 0 amide bonds. The number of benzene rings is 1. The molecule has 6 nitrogen and oxygen atoms in total. The Hall–Kier alpha value is -1.67. The monoisotopic (exact) mass is 409 g/mol. The molecule has 0 aliphatic carbocycles. The molecule has 0 atom stereocenters. The van der Waals surface area contributed by atoms with Crippen molar-refractivity contribution in [1.82, 2.24) is 19.5 Å². The molecule has 2 aromatic heterocycles. The molecule has 4 rings (SSSR count). The fraction of sp³-hybridized carbons (Fsp3) is 0.353. The Morgan fingerprint density at radius 2 is 2.00 bits per heavy atom. The Balaban J connectivity index is 1.35. The highest BCUT2D eigenvalue weighted by Gasteiger charge is 2.20. The lowest BCUT2D eigenvalue weighted by atomic mass is 10.0. The average molecular weight is 410 g/mol. The van der Waals surface area contributed by atoms with E-state index in [2.05, 4.69) is 20.3 Å². The summed E-state index contributed by atoms with van der Waals surface area (Å²) in [6.07, 6.45) is 3.54. The molecule has 26 heavy (non-hydrogen) atoms. The van der Waals surface area contributed by atoms with E-state index in [1.54, 1.807) is 0 Å². The molecule has 3 aromatic rings. The molecule has 0 radical (unpaired) electrons. The second-order valence-electron chi connectivity index (χ2n) is 6.33. The summed E-state index contributed by atoms with van der Waals surface area (Å²) in [6.45, 7) is 2.84. The van der Waals surface area contributed by atoms with Crippen LogP contribution < -0.4 is 10.9 Å². The van der Waals surface area contributed by atoms with Crippen molar-refractivity contribution in [1.29, 1.82) is 0 Å². The molecule has 0 saturated carbocycles. The molecule has 9 heteroatoms. The van der Waals surface area contributed by atoms with Crippen molar-refractivity contribution in [3.8, 4) is 0 Å². The number of anilines is 1. The first kappa shape index (κ1) is 17.7. The van der Waals surface area contributed by atoms with Crippen molar-refractivity contribution >= 4 is 44.6 Å². The van der Waals surface area contributed by atoms with Crippen molar-refractivity contribution < 1.29 is 0 Å². The zero-order chi connectivity index (χ0) is 18.1. The molecule has 1 N–H and O–H groups in total. The Kier molecular flexibility index (Phi) is 5.13. The summed E-state index contributed by atoms with van der Waals surface area (Å²) in [7, 11) is 0. The van der Waals surface area contributed by atoms with Gasteiger partial charge in [0.2, 0.25) is 10.1 Å². The maximum atomic E-state index is 11.8. The fourth-order valence-corrected chi connectivity index (χ4v) is 4.28. The van der Waals surface area contributed by atoms with Gasteiger partial charge in [-0.25, -0.2) is 4.98 Å². The second kappa shape index (κ2) is 7.52. The number of nitrogens with zero attached hydrogens (tertiary/aromatic N) is 4. The van der Waals surface area contributed by atoms with E-state index in [0.717, 1.165) is 37.6 Å². The van der Waals surface area contributed by atoms with Gasteiger partial charge in [0, 0.05) is 37.9 Å². The van der Waals surface area contributed by atoms with Crippen LogP contribution in [0.4, 0.5) is 5.13 Å². The van der Waals surface area contributed by atoms with Crippen LogP contribution in [0.3, 0.4) is 0 Å². The van der Waals surface area contributed by atoms with Crippen molar-refractivity contribution in [2.45, 2.75) is 25.4 Å². The first-order chi connectivity index (χ1) is 12.6. The minimum atomic E-state index is -0.157. The lowest BCUT2D eigenvalue weighted by Crippen LogP contribution is -2.38. The largest absolute Gasteiger partial charge is 0.357 e. The third kappa shape index (κ3) is 3.86. The molecule has 3 heterocycles. The van der Waals surface area contributed by atoms with Gasteiger partial charge in [0.05, 0.1) is 10.0 Å². The van der Waals surface area contributed by atoms with Gasteiger partial charge in [-0.05, 0) is 30.5 Å². The molecule has 136 valence electrons. The van der Waals surface area contributed by atoms with Crippen LogP contribution in [0.25, 0.3) is 4.96 Å². The number of hydrogen-bond acceptors (Lipinski definition) is 6. The first-order valence-electron chi connectivity index (χ1n) is 8.36. The number of aromatic nitrogens is 3. The lowest BCUT2D eigenvalue weighted by Gasteiger charge is -2.32. The van der Waals surface area contributed by atoms with E-state index in [0.29, 0.717) is 21.0 Å². The van der Waals surface area contributed by atoms with Crippen LogP contribution >= 0.6 is 34.5 Å². The number of rotatable bonds is 4. The Labute approximate surface area is 164 Å². The SMILES string of the molecule is O=c1ccnc2sc(NC3CCN(Cc4ccc(Cl)c(Cl)c4)CC3)nn12. The van der Waals surface area contributed by atoms with Crippen molar-refractivity contribution in [2.24, 2.45) is 0 Å². The van der Waals surface area contributed by atoms with Crippen molar-refractivity contribution in [2.75, 3.05) is 18.4 Å². The summed E-state index contributed by atoms with van der Waals surface area (Å²) in [5, 5.41) is 9.68. The highest BCUT2D eigenvalue weighted by atomic mass is 35.5. The first-order valence-corrected chi connectivity index (χ1v) is 9.93. The third-order valence-electron chi connectivity index (χ3n) is 4.48. The van der Waals surface area contributed by atoms with E-state index in [1.165, 1.54) is 33.7 Å². The molecular formula is C17H17Cl2N5OS. The van der Waals surface area contributed by atoms with E-state index in [-0.39, 0.29) is 5.56 Å². The molecule has 0 bridgehead atoms. The van der Waals surface area contributed by atoms with Crippen LogP contribution in [0.5, 0.6) is 0 Å². The van der Waals surface area contributed by atoms with E-state index < -0.39 is 0 Å². The van der Waals surface area contributed by atoms with E-state index in [1.807, 2.05) is 18.2 Å². The van der Waals surface area contributed by atoms with Gasteiger partial charge in [-0.3, -0.25) is 9.69 Å². The number of piperidine rings is 1. The zero-order valence-electron chi connectivity index (χ0n) is 13.9. The molecule has 1 fully saturated rings. The molecule has 1 aliphatic heterocycles. The van der Waals surface area contributed by atoms with Gasteiger partial charge in [0.15, 0.2) is 0 Å². The molecule has 1 saturated heterocycles. The highest BCUT2D eigenvalue weighted by molar-refractivity contribution is 7.20. The number of likely N-dealkylation sites (tertiary alicyclic amines) is 1. The fourth-order valence-electron chi connectivity index (χ4n) is 3.11. The van der Waals surface area contributed by atoms with Crippen molar-refractivity contribution in [3.05, 3.63) is 56.4 Å². The van der Waals surface area contributed by atoms with Crippen molar-refractivity contribution in [3.63, 3.8) is 0 Å². The van der Waals surface area contributed by atoms with E-state index >= 15 is 0 Å². The van der Waals surface area contributed by atoms with Gasteiger partial charge in [-0.15, -0.1) is 5.10 Å². The maximum Gasteiger partial charge on any atom is 0.275 e. The number of fused-ring (bicyclic) bond motifs is 1. The van der Waals surface area contributed by atoms with Crippen LogP contribution in [0, 0.1) is 0 Å². The summed E-state index contributed by atoms with van der Waals surface area (Å²) >= 11 is 13.5. The topological polar surface area (TPSA) is 62.5 Å². The van der Waals surface area contributed by atoms with Crippen LogP contribution in [0.1, 0.15) is 18.4 Å². The summed E-state index contributed by atoms with van der Waals surface area (Å²) in [5.41, 5.74) is 1.01. The van der Waals surface area contributed by atoms with Crippen LogP contribution in [0.15, 0.2) is 35.3 Å². The minimum Gasteiger partial charge on any atom is -0.357 e. The third-order valence-corrected chi connectivity index (χ3v) is 6.07. The highest BCUT2D eigenvalue weighted by Crippen LogP contribution is 2.25. The van der Waals surface area contributed by atoms with Gasteiger partial charge < -0.3 is 5.32 Å². The molecule has 0 unspecified atom stereocenters. The Morgan fingerprint density at radius 3 is 2.73 bits per heavy atom. The zero-order valence-corrected chi connectivity index (χ0v) is 16.2. The van der Waals surface area contributed by atoms with Gasteiger partial charge in [0.1, 0.15) is 0 Å². The maximum absolute atomic E-state index is 11.8. The van der Waals surface area contributed by atoms with Gasteiger partial charge in [-0.1, -0.05) is 40.6 Å². The summed E-state index contributed by atoms with van der Waals surface area (Å²) < 4.78 is 1.34. The normalized spacial score (nSPS) is 16.2. The number of nitrogens with one attached hydrogen (secondary N) is 1. The summed E-state index contributed by atoms with van der Waals surface area (Å²) in [4.78, 5) is 19.0. The lowest BCUT2D eigenvalue weighted by molar-refractivity contribution is 0.211. The predicted molar refractivity (Wildman–Crippen MR) is 106 cm³/mol. The smallest absolute Gasteiger partial charge is 0.275 e. The quantitative estimate of drug-likeness (QED) is 0.713. The Bertz CT molecular complexity index is 981. The molecule has 1 aromatic carbocycles. The van der Waals surface area contributed by atoms with Gasteiger partial charge in [0.25, 0.3) is 5.56 Å². The van der Waals surface area contributed by atoms with E-state index in [4.69, 9.17) is 23.2 Å². The predicted octanol–water partition coefficient (Wildman–Crippen LogP) is 3.53. The van der Waals surface area contributed by atoms with E-state index in [9.17, 15) is 4.79 Å². The van der Waals surface area contributed by atoms with Crippen LogP contribution in [0.2, 0.25) is 10.0 Å². The molecule has 0 spiro atoms. The average Bonchev–Trinajstić information content (AvgIpc) is 3.04. The number of halogens is 2. The molecule has 1 aliphatic rings. The summed E-state index contributed by atoms with van der Waals surface area (Å²) in [5.74, 6) is 0. The van der Waals surface area contributed by atoms with Gasteiger partial charge >= 0.3 is 0 Å².